The van der Waals surface area contributed by atoms with Crippen LogP contribution in [0.3, 0.4) is 0 Å². The third-order valence-corrected chi connectivity index (χ3v) is 6.09. The molecular weight excluding hydrogens is 348 g/mol. The molecule has 1 aliphatic heterocycles. The molecule has 4 heteroatoms. The minimum Gasteiger partial charge on any atom is -0.314 e. The van der Waals surface area contributed by atoms with E-state index in [0.29, 0.717) is 6.04 Å². The molecule has 1 fully saturated rings. The predicted molar refractivity (Wildman–Crippen MR) is 109 cm³/mol. The fourth-order valence-electron chi connectivity index (χ4n) is 3.40. The van der Waals surface area contributed by atoms with Crippen molar-refractivity contribution < 1.29 is 0 Å². The van der Waals surface area contributed by atoms with Gasteiger partial charge in [-0.05, 0) is 42.3 Å². The van der Waals surface area contributed by atoms with Crippen LogP contribution in [-0.4, -0.2) is 31.1 Å². The normalized spacial score (nSPS) is 16.7. The van der Waals surface area contributed by atoms with Gasteiger partial charge in [0.15, 0.2) is 0 Å². The molecule has 2 aromatic rings. The molecule has 134 valence electrons. The summed E-state index contributed by atoms with van der Waals surface area (Å²) in [7, 11) is 0. The number of unbranched alkanes of at least 4 members (excludes halogenated alkanes) is 1. The van der Waals surface area contributed by atoms with Gasteiger partial charge in [-0.3, -0.25) is 4.90 Å². The van der Waals surface area contributed by atoms with Crippen molar-refractivity contribution in [1.29, 1.82) is 0 Å². The van der Waals surface area contributed by atoms with Crippen molar-refractivity contribution >= 4 is 23.4 Å². The Morgan fingerprint density at radius 3 is 2.52 bits per heavy atom. The van der Waals surface area contributed by atoms with Gasteiger partial charge in [0, 0.05) is 47.0 Å². The molecule has 0 amide bonds. The number of hydrogen-bond acceptors (Lipinski definition) is 3. The summed E-state index contributed by atoms with van der Waals surface area (Å²) in [4.78, 5) is 5.27. The van der Waals surface area contributed by atoms with Crippen LogP contribution in [0.5, 0.6) is 0 Å². The van der Waals surface area contributed by atoms with E-state index in [4.69, 9.17) is 11.6 Å². The van der Waals surface area contributed by atoms with E-state index in [1.807, 2.05) is 23.9 Å². The predicted octanol–water partition coefficient (Wildman–Crippen LogP) is 5.63. The second-order valence-electron chi connectivity index (χ2n) is 6.54. The van der Waals surface area contributed by atoms with Gasteiger partial charge >= 0.3 is 0 Å². The minimum absolute atomic E-state index is 0.512. The smallest absolute Gasteiger partial charge is 0.0406 e. The summed E-state index contributed by atoms with van der Waals surface area (Å²) in [5.41, 5.74) is 1.47. The second-order valence-corrected chi connectivity index (χ2v) is 8.09. The Kier molecular flexibility index (Phi) is 7.23. The highest BCUT2D eigenvalue weighted by Gasteiger charge is 2.23. The molecule has 2 aromatic carbocycles. The highest BCUT2D eigenvalue weighted by molar-refractivity contribution is 7.99. The fourth-order valence-corrected chi connectivity index (χ4v) is 4.53. The van der Waals surface area contributed by atoms with Crippen LogP contribution >= 0.6 is 23.4 Å². The van der Waals surface area contributed by atoms with E-state index in [2.05, 4.69) is 53.5 Å². The molecule has 2 nitrogen and oxygen atoms in total. The van der Waals surface area contributed by atoms with E-state index < -0.39 is 0 Å². The van der Waals surface area contributed by atoms with Crippen LogP contribution in [0.25, 0.3) is 0 Å². The monoisotopic (exact) mass is 374 g/mol. The summed E-state index contributed by atoms with van der Waals surface area (Å²) in [6, 6.07) is 17.6. The number of halogens is 1. The van der Waals surface area contributed by atoms with Crippen LogP contribution in [0.4, 0.5) is 0 Å². The van der Waals surface area contributed by atoms with Crippen molar-refractivity contribution in [2.45, 2.75) is 42.0 Å². The van der Waals surface area contributed by atoms with E-state index in [-0.39, 0.29) is 0 Å². The van der Waals surface area contributed by atoms with Gasteiger partial charge in [-0.2, -0.15) is 0 Å². The summed E-state index contributed by atoms with van der Waals surface area (Å²) >= 11 is 7.88. The van der Waals surface area contributed by atoms with Crippen molar-refractivity contribution in [2.75, 3.05) is 26.2 Å². The Morgan fingerprint density at radius 1 is 1.08 bits per heavy atom. The molecule has 0 spiro atoms. The lowest BCUT2D eigenvalue weighted by atomic mass is 9.98. The average Bonchev–Trinajstić information content (AvgIpc) is 2.66. The highest BCUT2D eigenvalue weighted by atomic mass is 35.5. The number of benzene rings is 2. The number of piperazine rings is 1. The van der Waals surface area contributed by atoms with Gasteiger partial charge in [0.25, 0.3) is 0 Å². The van der Waals surface area contributed by atoms with E-state index >= 15 is 0 Å². The molecule has 0 aliphatic carbocycles. The largest absolute Gasteiger partial charge is 0.314 e. The van der Waals surface area contributed by atoms with E-state index in [9.17, 15) is 0 Å². The van der Waals surface area contributed by atoms with Gasteiger partial charge in [0.1, 0.15) is 0 Å². The fraction of sp³-hybridized carbons (Fsp3) is 0.429. The Hall–Kier alpha value is -1.00. The SMILES string of the molecule is CCCC[C@@H](c1ccccc1Sc1ccc(Cl)cc1)N1CCNCC1. The summed E-state index contributed by atoms with van der Waals surface area (Å²) in [5, 5.41) is 4.27. The standard InChI is InChI=1S/C21H27ClN2S/c1-2-3-7-20(24-15-13-23-14-16-24)19-6-4-5-8-21(19)25-18-11-9-17(22)10-12-18/h4-6,8-12,20,23H,2-3,7,13-16H2,1H3/t20-/m0/s1. The molecule has 1 saturated heterocycles. The quantitative estimate of drug-likeness (QED) is 0.676. The molecule has 0 saturated carbocycles. The molecule has 1 heterocycles. The summed E-state index contributed by atoms with van der Waals surface area (Å²) in [5.74, 6) is 0. The molecule has 1 aliphatic rings. The van der Waals surface area contributed by atoms with Crippen LogP contribution in [0.15, 0.2) is 58.3 Å². The zero-order valence-electron chi connectivity index (χ0n) is 14.9. The van der Waals surface area contributed by atoms with E-state index in [0.717, 1.165) is 31.2 Å². The van der Waals surface area contributed by atoms with Crippen molar-refractivity contribution in [3.05, 3.63) is 59.1 Å². The van der Waals surface area contributed by atoms with Crippen molar-refractivity contribution in [2.24, 2.45) is 0 Å². The first-order valence-electron chi connectivity index (χ1n) is 9.25. The zero-order valence-corrected chi connectivity index (χ0v) is 16.5. The van der Waals surface area contributed by atoms with Crippen molar-refractivity contribution in [3.63, 3.8) is 0 Å². The minimum atomic E-state index is 0.512. The maximum atomic E-state index is 6.03. The summed E-state index contributed by atoms with van der Waals surface area (Å²) < 4.78 is 0. The first-order valence-corrected chi connectivity index (χ1v) is 10.4. The Labute approximate surface area is 161 Å². The van der Waals surface area contributed by atoms with E-state index in [1.54, 1.807) is 0 Å². The highest BCUT2D eigenvalue weighted by Crippen LogP contribution is 2.37. The third kappa shape index (κ3) is 5.24. The van der Waals surface area contributed by atoms with Gasteiger partial charge in [0.05, 0.1) is 0 Å². The van der Waals surface area contributed by atoms with Gasteiger partial charge < -0.3 is 5.32 Å². The van der Waals surface area contributed by atoms with Gasteiger partial charge in [-0.15, -0.1) is 0 Å². The molecular formula is C21H27ClN2S. The van der Waals surface area contributed by atoms with Crippen LogP contribution in [0, 0.1) is 0 Å². The molecule has 0 aromatic heterocycles. The molecule has 0 radical (unpaired) electrons. The summed E-state index contributed by atoms with van der Waals surface area (Å²) in [6.45, 7) is 6.73. The van der Waals surface area contributed by atoms with Crippen LogP contribution in [-0.2, 0) is 0 Å². The number of nitrogens with zero attached hydrogens (tertiary/aromatic N) is 1. The Balaban J connectivity index is 1.85. The van der Waals surface area contributed by atoms with Gasteiger partial charge in [-0.1, -0.05) is 61.3 Å². The average molecular weight is 375 g/mol. The van der Waals surface area contributed by atoms with Crippen LogP contribution in [0.2, 0.25) is 5.02 Å². The lowest BCUT2D eigenvalue weighted by Gasteiger charge is -2.36. The van der Waals surface area contributed by atoms with E-state index in [1.165, 1.54) is 34.6 Å². The molecule has 3 rings (SSSR count). The number of nitrogens with one attached hydrogen (secondary N) is 1. The lowest BCUT2D eigenvalue weighted by molar-refractivity contribution is 0.161. The number of rotatable bonds is 7. The first kappa shape index (κ1) is 18.8. The second kappa shape index (κ2) is 9.63. The number of hydrogen-bond donors (Lipinski definition) is 1. The zero-order chi connectivity index (χ0) is 17.5. The van der Waals surface area contributed by atoms with Crippen molar-refractivity contribution in [1.82, 2.24) is 10.2 Å². The molecule has 1 atom stereocenters. The van der Waals surface area contributed by atoms with Gasteiger partial charge in [0.2, 0.25) is 0 Å². The lowest BCUT2D eigenvalue weighted by Crippen LogP contribution is -2.45. The topological polar surface area (TPSA) is 15.3 Å². The molecule has 25 heavy (non-hydrogen) atoms. The maximum Gasteiger partial charge on any atom is 0.0406 e. The van der Waals surface area contributed by atoms with Crippen molar-refractivity contribution in [3.8, 4) is 0 Å². The van der Waals surface area contributed by atoms with Crippen LogP contribution in [0.1, 0.15) is 37.8 Å². The Morgan fingerprint density at radius 2 is 1.80 bits per heavy atom. The summed E-state index contributed by atoms with van der Waals surface area (Å²) in [6.07, 6.45) is 3.75. The molecule has 0 bridgehead atoms. The Bertz CT molecular complexity index is 653. The van der Waals surface area contributed by atoms with Gasteiger partial charge in [-0.25, -0.2) is 0 Å². The molecule has 0 unspecified atom stereocenters. The molecule has 1 N–H and O–H groups in total. The maximum absolute atomic E-state index is 6.03. The first-order chi connectivity index (χ1) is 12.3. The third-order valence-electron chi connectivity index (χ3n) is 4.74. The van der Waals surface area contributed by atoms with Crippen LogP contribution < -0.4 is 5.32 Å².